The molecule has 0 aliphatic rings. The van der Waals surface area contributed by atoms with Crippen LogP contribution in [0.4, 0.5) is 5.69 Å². The predicted molar refractivity (Wildman–Crippen MR) is 109 cm³/mol. The van der Waals surface area contributed by atoms with E-state index in [2.05, 4.69) is 19.2 Å². The molecule has 0 spiro atoms. The molecule has 2 aromatic rings. The van der Waals surface area contributed by atoms with E-state index in [1.165, 1.54) is 4.31 Å². The number of carbonyl (C=O) groups excluding carboxylic acids is 1. The molecule has 5 nitrogen and oxygen atoms in total. The monoisotopic (exact) mass is 388 g/mol. The second-order valence-corrected chi connectivity index (χ2v) is 8.94. The molecular formula is C21H28N2O3S. The third-order valence-electron chi connectivity index (χ3n) is 4.51. The lowest BCUT2D eigenvalue weighted by atomic mass is 10.1. The summed E-state index contributed by atoms with van der Waals surface area (Å²) in [5, 5.41) is 2.83. The summed E-state index contributed by atoms with van der Waals surface area (Å²) < 4.78 is 27.7. The van der Waals surface area contributed by atoms with Gasteiger partial charge in [0.05, 0.1) is 10.6 Å². The molecule has 0 saturated carbocycles. The highest BCUT2D eigenvalue weighted by molar-refractivity contribution is 7.92. The van der Waals surface area contributed by atoms with Crippen LogP contribution in [0.2, 0.25) is 0 Å². The molecule has 0 aliphatic heterocycles. The number of carbonyl (C=O) groups is 1. The Balaban J connectivity index is 2.38. The van der Waals surface area contributed by atoms with Gasteiger partial charge in [-0.1, -0.05) is 44.2 Å². The number of hydrogen-bond donors (Lipinski definition) is 1. The molecule has 27 heavy (non-hydrogen) atoms. The number of aryl methyl sites for hydroxylation is 1. The van der Waals surface area contributed by atoms with Crippen molar-refractivity contribution in [3.05, 3.63) is 59.7 Å². The highest BCUT2D eigenvalue weighted by Crippen LogP contribution is 2.28. The standard InChI is InChI=1S/C21H28N2O3S/c1-16(2)13-14-22-21(24)15-23(20-12-8-9-17(3)18(20)4)27(25,26)19-10-6-5-7-11-19/h5-12,16H,13-15H2,1-4H3,(H,22,24). The van der Waals surface area contributed by atoms with Crippen LogP contribution in [0.3, 0.4) is 0 Å². The van der Waals surface area contributed by atoms with Crippen LogP contribution in [0.5, 0.6) is 0 Å². The van der Waals surface area contributed by atoms with E-state index in [1.807, 2.05) is 26.0 Å². The van der Waals surface area contributed by atoms with Gasteiger partial charge in [-0.05, 0) is 55.5 Å². The van der Waals surface area contributed by atoms with E-state index in [1.54, 1.807) is 36.4 Å². The molecule has 0 bridgehead atoms. The van der Waals surface area contributed by atoms with Gasteiger partial charge in [-0.2, -0.15) is 0 Å². The minimum absolute atomic E-state index is 0.167. The quantitative estimate of drug-likeness (QED) is 0.750. The molecule has 0 aliphatic carbocycles. The van der Waals surface area contributed by atoms with Gasteiger partial charge in [0, 0.05) is 6.54 Å². The molecular weight excluding hydrogens is 360 g/mol. The van der Waals surface area contributed by atoms with Crippen LogP contribution in [-0.2, 0) is 14.8 Å². The predicted octanol–water partition coefficient (Wildman–Crippen LogP) is 3.66. The Labute approximate surface area is 162 Å². The molecule has 0 atom stereocenters. The normalized spacial score (nSPS) is 11.4. The second-order valence-electron chi connectivity index (χ2n) is 7.08. The Hall–Kier alpha value is -2.34. The second kappa shape index (κ2) is 9.04. The van der Waals surface area contributed by atoms with Gasteiger partial charge in [-0.15, -0.1) is 0 Å². The number of amides is 1. The molecule has 0 aromatic heterocycles. The summed E-state index contributed by atoms with van der Waals surface area (Å²) in [6.45, 7) is 8.23. The maximum atomic E-state index is 13.3. The smallest absolute Gasteiger partial charge is 0.264 e. The first kappa shape index (κ1) is 21.0. The highest BCUT2D eigenvalue weighted by atomic mass is 32.2. The fraction of sp³-hybridized carbons (Fsp3) is 0.381. The Kier molecular flexibility index (Phi) is 7.02. The van der Waals surface area contributed by atoms with Crippen LogP contribution < -0.4 is 9.62 Å². The average Bonchev–Trinajstić information content (AvgIpc) is 2.62. The maximum absolute atomic E-state index is 13.3. The van der Waals surface area contributed by atoms with E-state index in [0.29, 0.717) is 18.2 Å². The van der Waals surface area contributed by atoms with Crippen LogP contribution in [-0.4, -0.2) is 27.4 Å². The average molecular weight is 389 g/mol. The van der Waals surface area contributed by atoms with Crippen molar-refractivity contribution in [2.75, 3.05) is 17.4 Å². The topological polar surface area (TPSA) is 66.5 Å². The zero-order valence-corrected chi connectivity index (χ0v) is 17.2. The highest BCUT2D eigenvalue weighted by Gasteiger charge is 2.28. The van der Waals surface area contributed by atoms with Gasteiger partial charge in [-0.25, -0.2) is 8.42 Å². The van der Waals surface area contributed by atoms with E-state index < -0.39 is 10.0 Å². The van der Waals surface area contributed by atoms with E-state index in [9.17, 15) is 13.2 Å². The maximum Gasteiger partial charge on any atom is 0.264 e. The summed E-state index contributed by atoms with van der Waals surface area (Å²) >= 11 is 0. The summed E-state index contributed by atoms with van der Waals surface area (Å²) in [6.07, 6.45) is 0.848. The summed E-state index contributed by atoms with van der Waals surface area (Å²) in [7, 11) is -3.86. The summed E-state index contributed by atoms with van der Waals surface area (Å²) in [5.74, 6) is 0.157. The lowest BCUT2D eigenvalue weighted by Crippen LogP contribution is -2.41. The van der Waals surface area contributed by atoms with Crippen molar-refractivity contribution >= 4 is 21.6 Å². The van der Waals surface area contributed by atoms with Crippen LogP contribution in [0.1, 0.15) is 31.4 Å². The minimum Gasteiger partial charge on any atom is -0.355 e. The van der Waals surface area contributed by atoms with E-state index >= 15 is 0 Å². The number of hydrogen-bond acceptors (Lipinski definition) is 3. The van der Waals surface area contributed by atoms with Gasteiger partial charge in [-0.3, -0.25) is 9.10 Å². The van der Waals surface area contributed by atoms with Gasteiger partial charge in [0.25, 0.3) is 10.0 Å². The van der Waals surface area contributed by atoms with Crippen LogP contribution in [0.15, 0.2) is 53.4 Å². The molecule has 0 radical (unpaired) electrons. The molecule has 0 unspecified atom stereocenters. The van der Waals surface area contributed by atoms with Gasteiger partial charge in [0.2, 0.25) is 5.91 Å². The van der Waals surface area contributed by atoms with E-state index in [4.69, 9.17) is 0 Å². The van der Waals surface area contributed by atoms with Crippen molar-refractivity contribution in [2.45, 2.75) is 39.0 Å². The number of benzene rings is 2. The lowest BCUT2D eigenvalue weighted by Gasteiger charge is -2.26. The van der Waals surface area contributed by atoms with Crippen LogP contribution in [0, 0.1) is 19.8 Å². The molecule has 0 heterocycles. The SMILES string of the molecule is Cc1cccc(N(CC(=O)NCCC(C)C)S(=O)(=O)c2ccccc2)c1C. The first-order valence-electron chi connectivity index (χ1n) is 9.14. The zero-order valence-electron chi connectivity index (χ0n) is 16.4. The molecule has 2 rings (SSSR count). The molecule has 1 amide bonds. The van der Waals surface area contributed by atoms with Gasteiger partial charge in [0.1, 0.15) is 6.54 Å². The third kappa shape index (κ3) is 5.32. The van der Waals surface area contributed by atoms with Crippen LogP contribution in [0.25, 0.3) is 0 Å². The summed E-state index contributed by atoms with van der Waals surface area (Å²) in [5.41, 5.74) is 2.34. The molecule has 146 valence electrons. The van der Waals surface area contributed by atoms with Crippen LogP contribution >= 0.6 is 0 Å². The van der Waals surface area contributed by atoms with Gasteiger partial charge < -0.3 is 5.32 Å². The number of nitrogens with zero attached hydrogens (tertiary/aromatic N) is 1. The van der Waals surface area contributed by atoms with Crippen molar-refractivity contribution in [1.29, 1.82) is 0 Å². The molecule has 2 aromatic carbocycles. The van der Waals surface area contributed by atoms with Crippen molar-refractivity contribution in [1.82, 2.24) is 5.32 Å². The summed E-state index contributed by atoms with van der Waals surface area (Å²) in [4.78, 5) is 12.6. The number of rotatable bonds is 8. The Morgan fingerprint density at radius 2 is 1.70 bits per heavy atom. The Bertz CT molecular complexity index is 878. The molecule has 6 heteroatoms. The van der Waals surface area contributed by atoms with Crippen molar-refractivity contribution in [2.24, 2.45) is 5.92 Å². The largest absolute Gasteiger partial charge is 0.355 e. The van der Waals surface area contributed by atoms with Crippen molar-refractivity contribution < 1.29 is 13.2 Å². The fourth-order valence-electron chi connectivity index (χ4n) is 2.71. The van der Waals surface area contributed by atoms with Crippen molar-refractivity contribution in [3.63, 3.8) is 0 Å². The number of nitrogens with one attached hydrogen (secondary N) is 1. The minimum atomic E-state index is -3.86. The first-order valence-corrected chi connectivity index (χ1v) is 10.6. The van der Waals surface area contributed by atoms with Crippen molar-refractivity contribution in [3.8, 4) is 0 Å². The lowest BCUT2D eigenvalue weighted by molar-refractivity contribution is -0.119. The number of sulfonamides is 1. The fourth-order valence-corrected chi connectivity index (χ4v) is 4.21. The first-order chi connectivity index (χ1) is 12.7. The van der Waals surface area contributed by atoms with Gasteiger partial charge >= 0.3 is 0 Å². The van der Waals surface area contributed by atoms with Gasteiger partial charge in [0.15, 0.2) is 0 Å². The molecule has 0 saturated heterocycles. The summed E-state index contributed by atoms with van der Waals surface area (Å²) in [6, 6.07) is 13.7. The van der Waals surface area contributed by atoms with E-state index in [-0.39, 0.29) is 17.3 Å². The Morgan fingerprint density at radius 3 is 2.33 bits per heavy atom. The molecule has 0 fully saturated rings. The third-order valence-corrected chi connectivity index (χ3v) is 6.28. The Morgan fingerprint density at radius 1 is 1.04 bits per heavy atom. The van der Waals surface area contributed by atoms with E-state index in [0.717, 1.165) is 17.5 Å². The number of anilines is 1. The zero-order chi connectivity index (χ0) is 20.0. The molecule has 1 N–H and O–H groups in total.